The van der Waals surface area contributed by atoms with Crippen molar-refractivity contribution in [3.63, 3.8) is 0 Å². The molecule has 3 rings (SSSR count). The number of hydrogen-bond donors (Lipinski definition) is 1. The van der Waals surface area contributed by atoms with Crippen LogP contribution in [0.3, 0.4) is 0 Å². The number of aliphatic imine (C=N–C) groups is 1. The van der Waals surface area contributed by atoms with Gasteiger partial charge in [0.25, 0.3) is 5.91 Å². The summed E-state index contributed by atoms with van der Waals surface area (Å²) in [4.78, 5) is 27.7. The molecule has 2 amide bonds. The van der Waals surface area contributed by atoms with Crippen molar-refractivity contribution in [1.82, 2.24) is 5.32 Å². The minimum absolute atomic E-state index is 0.0438. The largest absolute Gasteiger partial charge is 0.325 e. The van der Waals surface area contributed by atoms with E-state index in [4.69, 9.17) is 11.6 Å². The fraction of sp³-hybridized carbons (Fsp3) is 0.118. The minimum Gasteiger partial charge on any atom is -0.325 e. The SMILES string of the molecule is CC1=CC(=O)NC2=CC(=NC(=O)c3ccc(Cl)cc3)C=CC12. The molecular weight excluding hydrogens is 300 g/mol. The molecule has 1 unspecified atom stereocenters. The van der Waals surface area contributed by atoms with Crippen LogP contribution in [-0.2, 0) is 4.79 Å². The van der Waals surface area contributed by atoms with Crippen molar-refractivity contribution in [1.29, 1.82) is 0 Å². The van der Waals surface area contributed by atoms with Crippen molar-refractivity contribution in [3.05, 3.63) is 70.4 Å². The second-order valence-corrected chi connectivity index (χ2v) is 5.60. The Morgan fingerprint density at radius 1 is 1.23 bits per heavy atom. The Morgan fingerprint density at radius 2 is 1.95 bits per heavy atom. The van der Waals surface area contributed by atoms with E-state index in [0.717, 1.165) is 11.3 Å². The number of allylic oxidation sites excluding steroid dienone is 3. The molecule has 4 nitrogen and oxygen atoms in total. The molecule has 1 aliphatic heterocycles. The van der Waals surface area contributed by atoms with E-state index in [1.165, 1.54) is 0 Å². The summed E-state index contributed by atoms with van der Waals surface area (Å²) in [5.74, 6) is -0.457. The van der Waals surface area contributed by atoms with Crippen molar-refractivity contribution in [2.45, 2.75) is 6.92 Å². The molecule has 1 N–H and O–H groups in total. The van der Waals surface area contributed by atoms with E-state index in [9.17, 15) is 9.59 Å². The van der Waals surface area contributed by atoms with Crippen LogP contribution in [0.4, 0.5) is 0 Å². The van der Waals surface area contributed by atoms with E-state index in [2.05, 4.69) is 10.3 Å². The fourth-order valence-corrected chi connectivity index (χ4v) is 2.55. The summed E-state index contributed by atoms with van der Waals surface area (Å²) in [7, 11) is 0. The third-order valence-electron chi connectivity index (χ3n) is 3.54. The van der Waals surface area contributed by atoms with Gasteiger partial charge in [0.1, 0.15) is 0 Å². The Morgan fingerprint density at radius 3 is 2.68 bits per heavy atom. The maximum atomic E-state index is 12.1. The predicted octanol–water partition coefficient (Wildman–Crippen LogP) is 3.07. The Bertz CT molecular complexity index is 770. The van der Waals surface area contributed by atoms with Crippen molar-refractivity contribution in [2.75, 3.05) is 0 Å². The molecule has 0 radical (unpaired) electrons. The van der Waals surface area contributed by atoms with Crippen LogP contribution in [0.5, 0.6) is 0 Å². The molecule has 0 aromatic heterocycles. The first kappa shape index (κ1) is 14.5. The van der Waals surface area contributed by atoms with Crippen LogP contribution in [0.25, 0.3) is 0 Å². The van der Waals surface area contributed by atoms with Crippen LogP contribution >= 0.6 is 11.6 Å². The zero-order valence-corrected chi connectivity index (χ0v) is 12.6. The number of hydrogen-bond acceptors (Lipinski definition) is 2. The molecule has 110 valence electrons. The average molecular weight is 313 g/mol. The first-order chi connectivity index (χ1) is 10.5. The number of amides is 2. The summed E-state index contributed by atoms with van der Waals surface area (Å²) in [6.07, 6.45) is 7.02. The summed E-state index contributed by atoms with van der Waals surface area (Å²) >= 11 is 5.80. The van der Waals surface area contributed by atoms with Gasteiger partial charge in [0, 0.05) is 28.3 Å². The molecule has 0 fully saturated rings. The van der Waals surface area contributed by atoms with Crippen LogP contribution in [0, 0.1) is 5.92 Å². The standard InChI is InChI=1S/C17H13ClN2O2/c1-10-8-16(21)20-15-9-13(6-7-14(10)15)19-17(22)11-2-4-12(18)5-3-11/h2-9,14H,1H3,(H,20,21). The van der Waals surface area contributed by atoms with Gasteiger partial charge in [-0.2, -0.15) is 0 Å². The number of fused-ring (bicyclic) bond motifs is 1. The third-order valence-corrected chi connectivity index (χ3v) is 3.79. The highest BCUT2D eigenvalue weighted by Crippen LogP contribution is 2.26. The van der Waals surface area contributed by atoms with E-state index in [1.807, 2.05) is 13.0 Å². The Hall–Kier alpha value is -2.46. The monoisotopic (exact) mass is 312 g/mol. The normalized spacial score (nSPS) is 21.8. The molecule has 1 heterocycles. The first-order valence-corrected chi connectivity index (χ1v) is 7.18. The molecular formula is C17H13ClN2O2. The molecule has 0 bridgehead atoms. The van der Waals surface area contributed by atoms with Crippen molar-refractivity contribution in [3.8, 4) is 0 Å². The van der Waals surface area contributed by atoms with Gasteiger partial charge in [-0.25, -0.2) is 4.99 Å². The molecule has 5 heteroatoms. The molecule has 0 spiro atoms. The molecule has 0 saturated carbocycles. The third kappa shape index (κ3) is 2.92. The molecule has 1 aromatic rings. The van der Waals surface area contributed by atoms with Crippen LogP contribution in [0.2, 0.25) is 5.02 Å². The predicted molar refractivity (Wildman–Crippen MR) is 85.8 cm³/mol. The van der Waals surface area contributed by atoms with Gasteiger partial charge in [0.15, 0.2) is 0 Å². The number of benzene rings is 1. The molecule has 0 saturated heterocycles. The van der Waals surface area contributed by atoms with E-state index >= 15 is 0 Å². The summed E-state index contributed by atoms with van der Waals surface area (Å²) in [5.41, 5.74) is 2.69. The molecule has 22 heavy (non-hydrogen) atoms. The lowest BCUT2D eigenvalue weighted by molar-refractivity contribution is -0.116. The van der Waals surface area contributed by atoms with Crippen molar-refractivity contribution in [2.24, 2.45) is 10.9 Å². The van der Waals surface area contributed by atoms with Gasteiger partial charge in [0.05, 0.1) is 5.71 Å². The lowest BCUT2D eigenvalue weighted by atomic mass is 9.89. The summed E-state index contributed by atoms with van der Waals surface area (Å²) < 4.78 is 0. The maximum absolute atomic E-state index is 12.1. The highest BCUT2D eigenvalue weighted by Gasteiger charge is 2.23. The van der Waals surface area contributed by atoms with E-state index < -0.39 is 0 Å². The van der Waals surface area contributed by atoms with Crippen molar-refractivity contribution >= 4 is 29.1 Å². The number of halogens is 1. The van der Waals surface area contributed by atoms with Crippen LogP contribution in [-0.4, -0.2) is 17.5 Å². The average Bonchev–Trinajstić information content (AvgIpc) is 2.47. The number of carbonyl (C=O) groups is 2. The number of nitrogens with one attached hydrogen (secondary N) is 1. The molecule has 2 aliphatic rings. The second kappa shape index (κ2) is 5.73. The van der Waals surface area contributed by atoms with Gasteiger partial charge in [-0.15, -0.1) is 0 Å². The van der Waals surface area contributed by atoms with E-state index in [0.29, 0.717) is 16.3 Å². The van der Waals surface area contributed by atoms with Gasteiger partial charge in [-0.1, -0.05) is 23.3 Å². The number of nitrogens with zero attached hydrogens (tertiary/aromatic N) is 1. The van der Waals surface area contributed by atoms with Crippen molar-refractivity contribution < 1.29 is 9.59 Å². The Labute approximate surface area is 132 Å². The minimum atomic E-state index is -0.346. The zero-order chi connectivity index (χ0) is 15.7. The Kier molecular flexibility index (Phi) is 3.77. The summed E-state index contributed by atoms with van der Waals surface area (Å²) in [6, 6.07) is 6.56. The Balaban J connectivity index is 1.86. The molecule has 1 atom stereocenters. The van der Waals surface area contributed by atoms with Gasteiger partial charge < -0.3 is 5.32 Å². The van der Waals surface area contributed by atoms with Crippen LogP contribution in [0.15, 0.2) is 64.8 Å². The van der Waals surface area contributed by atoms with E-state index in [1.54, 1.807) is 42.5 Å². The van der Waals surface area contributed by atoms with Crippen LogP contribution < -0.4 is 5.32 Å². The maximum Gasteiger partial charge on any atom is 0.277 e. The summed E-state index contributed by atoms with van der Waals surface area (Å²) in [6.45, 7) is 1.91. The zero-order valence-electron chi connectivity index (χ0n) is 11.8. The highest BCUT2D eigenvalue weighted by molar-refractivity contribution is 6.30. The topological polar surface area (TPSA) is 58.5 Å². The second-order valence-electron chi connectivity index (χ2n) is 5.16. The summed E-state index contributed by atoms with van der Waals surface area (Å²) in [5, 5.41) is 3.35. The first-order valence-electron chi connectivity index (χ1n) is 6.80. The van der Waals surface area contributed by atoms with Gasteiger partial charge in [-0.05, 0) is 43.3 Å². The lowest BCUT2D eigenvalue weighted by Crippen LogP contribution is -2.32. The van der Waals surface area contributed by atoms with Gasteiger partial charge in [-0.3, -0.25) is 9.59 Å². The number of rotatable bonds is 1. The molecule has 1 aromatic carbocycles. The quantitative estimate of drug-likeness (QED) is 0.866. The smallest absolute Gasteiger partial charge is 0.277 e. The lowest BCUT2D eigenvalue weighted by Gasteiger charge is -2.25. The van der Waals surface area contributed by atoms with Gasteiger partial charge in [0.2, 0.25) is 5.91 Å². The fourth-order valence-electron chi connectivity index (χ4n) is 2.43. The molecule has 1 aliphatic carbocycles. The van der Waals surface area contributed by atoms with Crippen LogP contribution in [0.1, 0.15) is 17.3 Å². The van der Waals surface area contributed by atoms with Gasteiger partial charge >= 0.3 is 0 Å². The van der Waals surface area contributed by atoms with E-state index in [-0.39, 0.29) is 17.7 Å². The number of carbonyl (C=O) groups excluding carboxylic acids is 2. The highest BCUT2D eigenvalue weighted by atomic mass is 35.5.